The fraction of sp³-hybridized carbons (Fsp3) is 0.217. The maximum atomic E-state index is 12.3. The van der Waals surface area contributed by atoms with Crippen molar-refractivity contribution in [3.05, 3.63) is 70.9 Å². The molecular weight excluding hydrogens is 410 g/mol. The van der Waals surface area contributed by atoms with Crippen molar-refractivity contribution in [2.45, 2.75) is 0 Å². The first-order valence-corrected chi connectivity index (χ1v) is 10.1. The number of nitrogens with one attached hydrogen (secondary N) is 3. The standard InChI is InChI=1S/C23H23N5O4/c1-31-10-11-32-9-8-25-22(29)16-4-2-15(3-5-16)19-12-17(6-7-24-19)20-13-18-21(28-20)26-14-27-23(18)30/h2-7,12-14H,8-11H2,1H3,(H,25,29)(H2,26,27,28,30). The van der Waals surface area contributed by atoms with Crippen LogP contribution in [0.5, 0.6) is 0 Å². The number of aromatic nitrogens is 4. The van der Waals surface area contributed by atoms with Crippen LogP contribution in [0.3, 0.4) is 0 Å². The molecular formula is C23H23N5O4. The lowest BCUT2D eigenvalue weighted by Crippen LogP contribution is -2.27. The topological polar surface area (TPSA) is 122 Å². The summed E-state index contributed by atoms with van der Waals surface area (Å²) in [5, 5.41) is 3.32. The number of rotatable bonds is 9. The van der Waals surface area contributed by atoms with Gasteiger partial charge in [0.1, 0.15) is 5.65 Å². The summed E-state index contributed by atoms with van der Waals surface area (Å²) in [5.74, 6) is -0.163. The van der Waals surface area contributed by atoms with E-state index in [1.807, 2.05) is 24.3 Å². The van der Waals surface area contributed by atoms with Crippen molar-refractivity contribution in [2.75, 3.05) is 33.5 Å². The normalized spacial score (nSPS) is 11.0. The first kappa shape index (κ1) is 21.4. The number of nitrogens with zero attached hydrogens (tertiary/aromatic N) is 2. The van der Waals surface area contributed by atoms with Crippen molar-refractivity contribution in [2.24, 2.45) is 0 Å². The predicted molar refractivity (Wildman–Crippen MR) is 120 cm³/mol. The van der Waals surface area contributed by atoms with Crippen molar-refractivity contribution in [1.82, 2.24) is 25.3 Å². The van der Waals surface area contributed by atoms with Crippen LogP contribution in [0.15, 0.2) is 59.8 Å². The third-order valence-electron chi connectivity index (χ3n) is 4.91. The largest absolute Gasteiger partial charge is 0.382 e. The third-order valence-corrected chi connectivity index (χ3v) is 4.91. The van der Waals surface area contributed by atoms with E-state index in [0.29, 0.717) is 43.0 Å². The van der Waals surface area contributed by atoms with Crippen LogP contribution >= 0.6 is 0 Å². The Morgan fingerprint density at radius 2 is 1.88 bits per heavy atom. The number of pyridine rings is 1. The van der Waals surface area contributed by atoms with Gasteiger partial charge in [-0.2, -0.15) is 0 Å². The molecule has 0 unspecified atom stereocenters. The molecule has 164 valence electrons. The highest BCUT2D eigenvalue weighted by Gasteiger charge is 2.10. The first-order chi connectivity index (χ1) is 15.7. The van der Waals surface area contributed by atoms with E-state index in [-0.39, 0.29) is 11.5 Å². The van der Waals surface area contributed by atoms with Crippen LogP contribution in [0, 0.1) is 0 Å². The molecule has 9 heteroatoms. The van der Waals surface area contributed by atoms with E-state index >= 15 is 0 Å². The lowest BCUT2D eigenvalue weighted by molar-refractivity contribution is 0.0692. The third kappa shape index (κ3) is 4.90. The molecule has 0 saturated heterocycles. The van der Waals surface area contributed by atoms with Crippen molar-refractivity contribution in [1.29, 1.82) is 0 Å². The Balaban J connectivity index is 1.44. The van der Waals surface area contributed by atoms with E-state index in [0.717, 1.165) is 22.5 Å². The molecule has 1 amide bonds. The number of aromatic amines is 2. The van der Waals surface area contributed by atoms with Crippen LogP contribution in [0.2, 0.25) is 0 Å². The second-order valence-corrected chi connectivity index (χ2v) is 7.05. The van der Waals surface area contributed by atoms with E-state index in [4.69, 9.17) is 9.47 Å². The van der Waals surface area contributed by atoms with Gasteiger partial charge in [-0.25, -0.2) is 4.98 Å². The monoisotopic (exact) mass is 433 g/mol. The molecule has 4 rings (SSSR count). The minimum atomic E-state index is -0.192. The fourth-order valence-corrected chi connectivity index (χ4v) is 3.24. The molecule has 0 radical (unpaired) electrons. The Hall–Kier alpha value is -3.82. The molecule has 4 aromatic rings. The van der Waals surface area contributed by atoms with Gasteiger partial charge in [-0.1, -0.05) is 12.1 Å². The highest BCUT2D eigenvalue weighted by Crippen LogP contribution is 2.25. The second kappa shape index (κ2) is 9.99. The molecule has 0 atom stereocenters. The Labute approximate surface area is 183 Å². The number of hydrogen-bond acceptors (Lipinski definition) is 6. The molecule has 3 N–H and O–H groups in total. The number of hydrogen-bond donors (Lipinski definition) is 3. The fourth-order valence-electron chi connectivity index (χ4n) is 3.24. The van der Waals surface area contributed by atoms with E-state index in [9.17, 15) is 9.59 Å². The Bertz CT molecular complexity index is 1260. The molecule has 9 nitrogen and oxygen atoms in total. The van der Waals surface area contributed by atoms with Gasteiger partial charge in [0.15, 0.2) is 0 Å². The zero-order chi connectivity index (χ0) is 22.3. The van der Waals surface area contributed by atoms with Gasteiger partial charge in [-0.05, 0) is 30.3 Å². The van der Waals surface area contributed by atoms with Crippen molar-refractivity contribution in [3.8, 4) is 22.5 Å². The van der Waals surface area contributed by atoms with E-state index in [1.165, 1.54) is 6.33 Å². The molecule has 0 aliphatic carbocycles. The van der Waals surface area contributed by atoms with E-state index in [1.54, 1.807) is 31.5 Å². The van der Waals surface area contributed by atoms with Crippen molar-refractivity contribution >= 4 is 16.9 Å². The van der Waals surface area contributed by atoms with Crippen LogP contribution in [-0.4, -0.2) is 59.3 Å². The zero-order valence-electron chi connectivity index (χ0n) is 17.6. The van der Waals surface area contributed by atoms with E-state index in [2.05, 4.69) is 25.3 Å². The van der Waals surface area contributed by atoms with Gasteiger partial charge in [-0.3, -0.25) is 14.6 Å². The van der Waals surface area contributed by atoms with Crippen LogP contribution in [0.4, 0.5) is 0 Å². The number of H-pyrrole nitrogens is 2. The van der Waals surface area contributed by atoms with Crippen LogP contribution < -0.4 is 10.9 Å². The highest BCUT2D eigenvalue weighted by atomic mass is 16.5. The number of fused-ring (bicyclic) bond motifs is 1. The van der Waals surface area contributed by atoms with Gasteiger partial charge < -0.3 is 24.8 Å². The summed E-state index contributed by atoms with van der Waals surface area (Å²) in [5.41, 5.74) is 4.17. The van der Waals surface area contributed by atoms with Crippen LogP contribution in [-0.2, 0) is 9.47 Å². The number of carbonyl (C=O) groups is 1. The smallest absolute Gasteiger partial charge is 0.260 e. The summed E-state index contributed by atoms with van der Waals surface area (Å²) in [4.78, 5) is 38.6. The van der Waals surface area contributed by atoms with Gasteiger partial charge in [0.25, 0.3) is 11.5 Å². The number of methoxy groups -OCH3 is 1. The molecule has 0 spiro atoms. The number of amides is 1. The molecule has 0 bridgehead atoms. The Morgan fingerprint density at radius 1 is 1.03 bits per heavy atom. The average molecular weight is 433 g/mol. The second-order valence-electron chi connectivity index (χ2n) is 7.05. The highest BCUT2D eigenvalue weighted by molar-refractivity contribution is 5.94. The van der Waals surface area contributed by atoms with Crippen molar-refractivity contribution in [3.63, 3.8) is 0 Å². The van der Waals surface area contributed by atoms with Crippen LogP contribution in [0.1, 0.15) is 10.4 Å². The Morgan fingerprint density at radius 3 is 2.66 bits per heavy atom. The SMILES string of the molecule is COCCOCCNC(=O)c1ccc(-c2cc(-c3cc4c(=O)[nH]cnc4[nH]3)ccn2)cc1. The predicted octanol–water partition coefficient (Wildman–Crippen LogP) is 2.37. The molecule has 0 fully saturated rings. The molecule has 3 heterocycles. The molecule has 3 aromatic heterocycles. The minimum absolute atomic E-state index is 0.163. The summed E-state index contributed by atoms with van der Waals surface area (Å²) in [6.45, 7) is 1.88. The van der Waals surface area contributed by atoms with E-state index < -0.39 is 0 Å². The molecule has 0 saturated carbocycles. The minimum Gasteiger partial charge on any atom is -0.382 e. The van der Waals surface area contributed by atoms with Gasteiger partial charge in [0, 0.05) is 42.2 Å². The molecule has 32 heavy (non-hydrogen) atoms. The lowest BCUT2D eigenvalue weighted by Gasteiger charge is -2.08. The summed E-state index contributed by atoms with van der Waals surface area (Å²) in [6, 6.07) is 12.8. The lowest BCUT2D eigenvalue weighted by atomic mass is 10.1. The van der Waals surface area contributed by atoms with Crippen molar-refractivity contribution < 1.29 is 14.3 Å². The zero-order valence-corrected chi connectivity index (χ0v) is 17.6. The van der Waals surface area contributed by atoms with Gasteiger partial charge >= 0.3 is 0 Å². The molecule has 1 aromatic carbocycles. The number of carbonyl (C=O) groups excluding carboxylic acids is 1. The average Bonchev–Trinajstić information content (AvgIpc) is 3.27. The maximum absolute atomic E-state index is 12.3. The van der Waals surface area contributed by atoms with Gasteiger partial charge in [0.05, 0.1) is 37.2 Å². The first-order valence-electron chi connectivity index (χ1n) is 10.1. The van der Waals surface area contributed by atoms with Crippen LogP contribution in [0.25, 0.3) is 33.5 Å². The summed E-state index contributed by atoms with van der Waals surface area (Å²) >= 11 is 0. The van der Waals surface area contributed by atoms with Gasteiger partial charge in [0.2, 0.25) is 0 Å². The van der Waals surface area contributed by atoms with Gasteiger partial charge in [-0.15, -0.1) is 0 Å². The summed E-state index contributed by atoms with van der Waals surface area (Å²) in [7, 11) is 1.61. The number of ether oxygens (including phenoxy) is 2. The summed E-state index contributed by atoms with van der Waals surface area (Å²) < 4.78 is 10.2. The Kier molecular flexibility index (Phi) is 6.69. The maximum Gasteiger partial charge on any atom is 0.260 e. The summed E-state index contributed by atoms with van der Waals surface area (Å²) in [6.07, 6.45) is 3.08. The number of benzene rings is 1. The quantitative estimate of drug-likeness (QED) is 0.349. The molecule has 0 aliphatic heterocycles. The molecule has 0 aliphatic rings.